The molecule has 0 radical (unpaired) electrons. The lowest BCUT2D eigenvalue weighted by Crippen LogP contribution is -2.46. The summed E-state index contributed by atoms with van der Waals surface area (Å²) in [5.74, 6) is 0.00732. The Hall–Kier alpha value is -1.14. The number of hydrogen-bond donors (Lipinski definition) is 2. The van der Waals surface area contributed by atoms with E-state index in [9.17, 15) is 4.79 Å². The smallest absolute Gasteiger partial charge is 0.251 e. The van der Waals surface area contributed by atoms with Gasteiger partial charge in [-0.25, -0.2) is 4.98 Å². The molecule has 2 atom stereocenters. The van der Waals surface area contributed by atoms with Crippen molar-refractivity contribution in [1.29, 1.82) is 0 Å². The zero-order valence-corrected chi connectivity index (χ0v) is 16.2. The number of halogens is 2. The largest absolute Gasteiger partial charge is 0.349 e. The quantitative estimate of drug-likeness (QED) is 0.840. The van der Waals surface area contributed by atoms with Gasteiger partial charge in [0, 0.05) is 28.6 Å². The minimum atomic E-state index is 0. The molecule has 0 aliphatic carbocycles. The summed E-state index contributed by atoms with van der Waals surface area (Å²) in [6.45, 7) is 5.11. The van der Waals surface area contributed by atoms with Crippen LogP contribution >= 0.6 is 36.2 Å². The average Bonchev–Trinajstić information content (AvgIpc) is 2.94. The molecule has 2 aromatic rings. The van der Waals surface area contributed by atoms with Gasteiger partial charge in [-0.05, 0) is 45.4 Å². The van der Waals surface area contributed by atoms with Gasteiger partial charge in [-0.1, -0.05) is 12.1 Å². The van der Waals surface area contributed by atoms with Crippen LogP contribution in [0, 0.1) is 6.92 Å². The van der Waals surface area contributed by atoms with Crippen molar-refractivity contribution in [2.24, 2.45) is 0 Å². The van der Waals surface area contributed by atoms with Gasteiger partial charge in [0.15, 0.2) is 0 Å². The topological polar surface area (TPSA) is 54.0 Å². The summed E-state index contributed by atoms with van der Waals surface area (Å²) in [6, 6.07) is 8.43. The SMILES string of the molecule is Cc1nc(-c2cccc(C(=O)NC3CCNC(C)C3)c2)cs1.Cl.Cl. The van der Waals surface area contributed by atoms with Gasteiger partial charge in [0.2, 0.25) is 0 Å². The van der Waals surface area contributed by atoms with Gasteiger partial charge < -0.3 is 10.6 Å². The summed E-state index contributed by atoms with van der Waals surface area (Å²) < 4.78 is 0. The highest BCUT2D eigenvalue weighted by Crippen LogP contribution is 2.22. The molecule has 1 aromatic heterocycles. The van der Waals surface area contributed by atoms with Gasteiger partial charge in [0.1, 0.15) is 0 Å². The Kier molecular flexibility index (Phi) is 8.16. The number of aryl methyl sites for hydroxylation is 1. The second-order valence-corrected chi connectivity index (χ2v) is 6.94. The van der Waals surface area contributed by atoms with E-state index in [1.54, 1.807) is 11.3 Å². The maximum atomic E-state index is 12.5. The molecule has 1 aliphatic rings. The first-order chi connectivity index (χ1) is 10.6. The zero-order chi connectivity index (χ0) is 15.5. The van der Waals surface area contributed by atoms with Crippen molar-refractivity contribution >= 4 is 42.1 Å². The van der Waals surface area contributed by atoms with Crippen molar-refractivity contribution in [3.05, 3.63) is 40.2 Å². The van der Waals surface area contributed by atoms with E-state index in [4.69, 9.17) is 0 Å². The number of aromatic nitrogens is 1. The number of thiazole rings is 1. The molecule has 4 nitrogen and oxygen atoms in total. The summed E-state index contributed by atoms with van der Waals surface area (Å²) in [4.78, 5) is 16.9. The van der Waals surface area contributed by atoms with Crippen LogP contribution in [0.1, 0.15) is 35.1 Å². The van der Waals surface area contributed by atoms with Crippen molar-refractivity contribution in [1.82, 2.24) is 15.6 Å². The van der Waals surface area contributed by atoms with E-state index < -0.39 is 0 Å². The number of nitrogens with zero attached hydrogens (tertiary/aromatic N) is 1. The van der Waals surface area contributed by atoms with Gasteiger partial charge in [-0.15, -0.1) is 36.2 Å². The first-order valence-corrected chi connectivity index (χ1v) is 8.56. The van der Waals surface area contributed by atoms with Crippen LogP contribution in [0.3, 0.4) is 0 Å². The Labute approximate surface area is 159 Å². The number of carbonyl (C=O) groups is 1. The molecule has 2 heterocycles. The molecule has 3 rings (SSSR count). The molecule has 1 amide bonds. The Morgan fingerprint density at radius 2 is 2.17 bits per heavy atom. The minimum Gasteiger partial charge on any atom is -0.349 e. The standard InChI is InChI=1S/C17H21N3OS.2ClH/c1-11-8-15(6-7-18-11)20-17(21)14-5-3-4-13(9-14)16-10-22-12(2)19-16;;/h3-5,9-11,15,18H,6-8H2,1-2H3,(H,20,21);2*1H. The molecular formula is C17H23Cl2N3OS. The number of nitrogens with one attached hydrogen (secondary N) is 2. The van der Waals surface area contributed by atoms with Crippen LogP contribution < -0.4 is 10.6 Å². The lowest BCUT2D eigenvalue weighted by Gasteiger charge is -2.28. The third-order valence-electron chi connectivity index (χ3n) is 4.00. The van der Waals surface area contributed by atoms with Crippen LogP contribution in [-0.2, 0) is 0 Å². The highest BCUT2D eigenvalue weighted by molar-refractivity contribution is 7.09. The fourth-order valence-corrected chi connectivity index (χ4v) is 3.47. The highest BCUT2D eigenvalue weighted by atomic mass is 35.5. The molecule has 0 spiro atoms. The Morgan fingerprint density at radius 1 is 1.38 bits per heavy atom. The van der Waals surface area contributed by atoms with Crippen LogP contribution in [-0.4, -0.2) is 29.5 Å². The summed E-state index contributed by atoms with van der Waals surface area (Å²) in [5, 5.41) is 9.62. The molecule has 2 unspecified atom stereocenters. The summed E-state index contributed by atoms with van der Waals surface area (Å²) >= 11 is 1.62. The van der Waals surface area contributed by atoms with Crippen LogP contribution in [0.15, 0.2) is 29.6 Å². The van der Waals surface area contributed by atoms with E-state index in [2.05, 4.69) is 22.5 Å². The fourth-order valence-electron chi connectivity index (χ4n) is 2.85. The maximum Gasteiger partial charge on any atom is 0.251 e. The number of piperidine rings is 1. The number of amides is 1. The van der Waals surface area contributed by atoms with Crippen LogP contribution in [0.5, 0.6) is 0 Å². The Balaban J connectivity index is 0.00000144. The molecule has 0 saturated carbocycles. The predicted octanol–water partition coefficient (Wildman–Crippen LogP) is 3.83. The number of rotatable bonds is 3. The van der Waals surface area contributed by atoms with Gasteiger partial charge in [-0.2, -0.15) is 0 Å². The zero-order valence-electron chi connectivity index (χ0n) is 13.7. The van der Waals surface area contributed by atoms with Crippen molar-refractivity contribution in [2.75, 3.05) is 6.54 Å². The van der Waals surface area contributed by atoms with E-state index in [1.165, 1.54) is 0 Å². The van der Waals surface area contributed by atoms with Gasteiger partial charge in [0.25, 0.3) is 5.91 Å². The lowest BCUT2D eigenvalue weighted by atomic mass is 10.00. The number of benzene rings is 1. The Morgan fingerprint density at radius 3 is 2.83 bits per heavy atom. The van der Waals surface area contributed by atoms with Crippen LogP contribution in [0.4, 0.5) is 0 Å². The predicted molar refractivity (Wildman–Crippen MR) is 105 cm³/mol. The number of carbonyl (C=O) groups excluding carboxylic acids is 1. The van der Waals surface area contributed by atoms with Crippen LogP contribution in [0.25, 0.3) is 11.3 Å². The molecule has 1 saturated heterocycles. The lowest BCUT2D eigenvalue weighted by molar-refractivity contribution is 0.0925. The summed E-state index contributed by atoms with van der Waals surface area (Å²) in [7, 11) is 0. The van der Waals surface area contributed by atoms with Crippen LogP contribution in [0.2, 0.25) is 0 Å². The minimum absolute atomic E-state index is 0. The van der Waals surface area contributed by atoms with E-state index in [1.807, 2.05) is 36.6 Å². The summed E-state index contributed by atoms with van der Waals surface area (Å²) in [5.41, 5.74) is 2.64. The number of hydrogen-bond acceptors (Lipinski definition) is 4. The maximum absolute atomic E-state index is 12.5. The average molecular weight is 388 g/mol. The molecule has 24 heavy (non-hydrogen) atoms. The van der Waals surface area contributed by atoms with Gasteiger partial charge in [0.05, 0.1) is 10.7 Å². The fraction of sp³-hybridized carbons (Fsp3) is 0.412. The van der Waals surface area contributed by atoms with E-state index in [-0.39, 0.29) is 36.8 Å². The molecule has 1 aliphatic heterocycles. The third kappa shape index (κ3) is 5.18. The second kappa shape index (κ2) is 9.37. The van der Waals surface area contributed by atoms with E-state index in [0.717, 1.165) is 35.7 Å². The third-order valence-corrected chi connectivity index (χ3v) is 4.77. The monoisotopic (exact) mass is 387 g/mol. The first-order valence-electron chi connectivity index (χ1n) is 7.68. The molecule has 2 N–H and O–H groups in total. The van der Waals surface area contributed by atoms with Crippen molar-refractivity contribution in [3.63, 3.8) is 0 Å². The van der Waals surface area contributed by atoms with Crippen molar-refractivity contribution in [3.8, 4) is 11.3 Å². The molecule has 1 aromatic carbocycles. The summed E-state index contributed by atoms with van der Waals surface area (Å²) in [6.07, 6.45) is 1.97. The van der Waals surface area contributed by atoms with E-state index >= 15 is 0 Å². The molecule has 0 bridgehead atoms. The molecule has 132 valence electrons. The molecular weight excluding hydrogens is 365 g/mol. The Bertz CT molecular complexity index is 677. The normalized spacial score (nSPS) is 19.8. The molecule has 7 heteroatoms. The van der Waals surface area contributed by atoms with Gasteiger partial charge >= 0.3 is 0 Å². The highest BCUT2D eigenvalue weighted by Gasteiger charge is 2.20. The van der Waals surface area contributed by atoms with Crippen molar-refractivity contribution < 1.29 is 4.79 Å². The van der Waals surface area contributed by atoms with Crippen molar-refractivity contribution in [2.45, 2.75) is 38.8 Å². The first kappa shape index (κ1) is 20.9. The van der Waals surface area contributed by atoms with Gasteiger partial charge in [-0.3, -0.25) is 4.79 Å². The van der Waals surface area contributed by atoms with E-state index in [0.29, 0.717) is 11.6 Å². The molecule has 1 fully saturated rings. The second-order valence-electron chi connectivity index (χ2n) is 5.88.